The van der Waals surface area contributed by atoms with Crippen molar-refractivity contribution in [2.24, 2.45) is 0 Å². The van der Waals surface area contributed by atoms with Gasteiger partial charge in [-0.15, -0.1) is 10.2 Å². The summed E-state index contributed by atoms with van der Waals surface area (Å²) in [6.45, 7) is 2.58. The molecule has 6 heteroatoms. The summed E-state index contributed by atoms with van der Waals surface area (Å²) in [5, 5.41) is 9.51. The summed E-state index contributed by atoms with van der Waals surface area (Å²) in [6, 6.07) is 24.2. The van der Waals surface area contributed by atoms with Gasteiger partial charge in [0.2, 0.25) is 0 Å². The number of aromatic nitrogens is 3. The first kappa shape index (κ1) is 19.2. The number of hydrogen-bond acceptors (Lipinski definition) is 4. The number of thioether (sulfide) groups is 1. The van der Waals surface area contributed by atoms with Gasteiger partial charge in [-0.25, -0.2) is 4.39 Å². The standard InChI is InChI=1S/C23H20FN3OS/c1-17-7-5-6-10-21(17)28-15-16-29-23-26-25-22(18-8-3-2-4-9-18)27(23)20-13-11-19(24)12-14-20/h2-14H,15-16H2,1H3. The Morgan fingerprint density at radius 2 is 1.62 bits per heavy atom. The maximum absolute atomic E-state index is 13.4. The van der Waals surface area contributed by atoms with Crippen molar-refractivity contribution in [2.45, 2.75) is 12.1 Å². The number of hydrogen-bond donors (Lipinski definition) is 0. The third-order valence-corrected chi connectivity index (χ3v) is 5.31. The van der Waals surface area contributed by atoms with E-state index in [4.69, 9.17) is 4.74 Å². The molecule has 0 saturated heterocycles. The minimum absolute atomic E-state index is 0.274. The molecular formula is C23H20FN3OS. The van der Waals surface area contributed by atoms with Gasteiger partial charge in [-0.05, 0) is 42.8 Å². The molecule has 0 bridgehead atoms. The summed E-state index contributed by atoms with van der Waals surface area (Å²) in [4.78, 5) is 0. The smallest absolute Gasteiger partial charge is 0.196 e. The SMILES string of the molecule is Cc1ccccc1OCCSc1nnc(-c2ccccc2)n1-c1ccc(F)cc1. The van der Waals surface area contributed by atoms with Crippen LogP contribution in [0.2, 0.25) is 0 Å². The molecule has 29 heavy (non-hydrogen) atoms. The van der Waals surface area contributed by atoms with Crippen LogP contribution in [-0.4, -0.2) is 27.1 Å². The molecule has 0 aliphatic heterocycles. The minimum atomic E-state index is -0.274. The quantitative estimate of drug-likeness (QED) is 0.298. The van der Waals surface area contributed by atoms with Crippen LogP contribution in [0.25, 0.3) is 17.1 Å². The fourth-order valence-corrected chi connectivity index (χ4v) is 3.73. The Morgan fingerprint density at radius 1 is 0.897 bits per heavy atom. The summed E-state index contributed by atoms with van der Waals surface area (Å²) < 4.78 is 21.3. The lowest BCUT2D eigenvalue weighted by atomic mass is 10.2. The fraction of sp³-hybridized carbons (Fsp3) is 0.130. The van der Waals surface area contributed by atoms with Crippen LogP contribution in [0.4, 0.5) is 4.39 Å². The van der Waals surface area contributed by atoms with Gasteiger partial charge in [-0.3, -0.25) is 4.57 Å². The second-order valence-corrected chi connectivity index (χ2v) is 7.51. The second kappa shape index (κ2) is 8.92. The van der Waals surface area contributed by atoms with Crippen LogP contribution in [-0.2, 0) is 0 Å². The molecule has 3 aromatic carbocycles. The molecule has 0 amide bonds. The molecule has 0 atom stereocenters. The Hall–Kier alpha value is -3.12. The molecule has 146 valence electrons. The zero-order chi connectivity index (χ0) is 20.1. The maximum Gasteiger partial charge on any atom is 0.196 e. The lowest BCUT2D eigenvalue weighted by molar-refractivity contribution is 0.341. The summed E-state index contributed by atoms with van der Waals surface area (Å²) in [6.07, 6.45) is 0. The molecular weight excluding hydrogens is 385 g/mol. The average molecular weight is 405 g/mol. The van der Waals surface area contributed by atoms with Crippen LogP contribution in [0.15, 0.2) is 84.0 Å². The van der Waals surface area contributed by atoms with Crippen molar-refractivity contribution in [2.75, 3.05) is 12.4 Å². The first-order chi connectivity index (χ1) is 14.2. The highest BCUT2D eigenvalue weighted by Gasteiger charge is 2.16. The van der Waals surface area contributed by atoms with E-state index >= 15 is 0 Å². The highest BCUT2D eigenvalue weighted by molar-refractivity contribution is 7.99. The molecule has 0 saturated carbocycles. The summed E-state index contributed by atoms with van der Waals surface area (Å²) >= 11 is 1.56. The number of benzene rings is 3. The average Bonchev–Trinajstić information content (AvgIpc) is 3.17. The van der Waals surface area contributed by atoms with Crippen LogP contribution < -0.4 is 4.74 Å². The van der Waals surface area contributed by atoms with Crippen molar-refractivity contribution in [1.29, 1.82) is 0 Å². The molecule has 0 unspecified atom stereocenters. The molecule has 0 aliphatic rings. The van der Waals surface area contributed by atoms with E-state index < -0.39 is 0 Å². The van der Waals surface area contributed by atoms with Crippen LogP contribution in [0.3, 0.4) is 0 Å². The van der Waals surface area contributed by atoms with Gasteiger partial charge < -0.3 is 4.74 Å². The summed E-state index contributed by atoms with van der Waals surface area (Å²) in [5.74, 6) is 2.05. The normalized spacial score (nSPS) is 10.8. The van der Waals surface area contributed by atoms with Crippen molar-refractivity contribution in [3.63, 3.8) is 0 Å². The van der Waals surface area contributed by atoms with Crippen LogP contribution in [0.1, 0.15) is 5.56 Å². The third kappa shape index (κ3) is 4.49. The maximum atomic E-state index is 13.4. The fourth-order valence-electron chi connectivity index (χ4n) is 2.96. The predicted octanol–water partition coefficient (Wildman–Crippen LogP) is 5.55. The van der Waals surface area contributed by atoms with Gasteiger partial charge in [0.05, 0.1) is 6.61 Å². The highest BCUT2D eigenvalue weighted by Crippen LogP contribution is 2.28. The molecule has 1 heterocycles. The molecule has 0 aliphatic carbocycles. The second-order valence-electron chi connectivity index (χ2n) is 6.45. The van der Waals surface area contributed by atoms with Crippen LogP contribution >= 0.6 is 11.8 Å². The number of halogens is 1. The Morgan fingerprint density at radius 3 is 2.38 bits per heavy atom. The molecule has 0 fully saturated rings. The van der Waals surface area contributed by atoms with Crippen molar-refractivity contribution >= 4 is 11.8 Å². The third-order valence-electron chi connectivity index (χ3n) is 4.42. The Labute approximate surface area is 173 Å². The molecule has 4 rings (SSSR count). The van der Waals surface area contributed by atoms with E-state index in [9.17, 15) is 4.39 Å². The number of nitrogens with zero attached hydrogens (tertiary/aromatic N) is 3. The number of rotatable bonds is 7. The Kier molecular flexibility index (Phi) is 5.91. The Bertz CT molecular complexity index is 1080. The zero-order valence-corrected chi connectivity index (χ0v) is 16.8. The number of ether oxygens (including phenoxy) is 1. The first-order valence-corrected chi connectivity index (χ1v) is 10.3. The highest BCUT2D eigenvalue weighted by atomic mass is 32.2. The van der Waals surface area contributed by atoms with Crippen molar-refractivity contribution < 1.29 is 9.13 Å². The van der Waals surface area contributed by atoms with E-state index in [1.54, 1.807) is 23.9 Å². The van der Waals surface area contributed by atoms with Gasteiger partial charge in [-0.1, -0.05) is 60.3 Å². The zero-order valence-electron chi connectivity index (χ0n) is 16.0. The van der Waals surface area contributed by atoms with Crippen molar-refractivity contribution in [1.82, 2.24) is 14.8 Å². The van der Waals surface area contributed by atoms with E-state index in [1.165, 1.54) is 12.1 Å². The van der Waals surface area contributed by atoms with Gasteiger partial charge in [0, 0.05) is 17.0 Å². The van der Waals surface area contributed by atoms with Gasteiger partial charge in [0.15, 0.2) is 11.0 Å². The monoisotopic (exact) mass is 405 g/mol. The summed E-state index contributed by atoms with van der Waals surface area (Å²) in [7, 11) is 0. The lowest BCUT2D eigenvalue weighted by Gasteiger charge is -2.11. The van der Waals surface area contributed by atoms with E-state index in [2.05, 4.69) is 10.2 Å². The molecule has 0 spiro atoms. The van der Waals surface area contributed by atoms with E-state index in [0.29, 0.717) is 12.4 Å². The largest absolute Gasteiger partial charge is 0.492 e. The predicted molar refractivity (Wildman–Crippen MR) is 114 cm³/mol. The van der Waals surface area contributed by atoms with Gasteiger partial charge >= 0.3 is 0 Å². The van der Waals surface area contributed by atoms with E-state index in [1.807, 2.05) is 66.1 Å². The molecule has 4 nitrogen and oxygen atoms in total. The minimum Gasteiger partial charge on any atom is -0.492 e. The van der Waals surface area contributed by atoms with E-state index in [-0.39, 0.29) is 5.82 Å². The summed E-state index contributed by atoms with van der Waals surface area (Å²) in [5.41, 5.74) is 2.88. The van der Waals surface area contributed by atoms with Crippen LogP contribution in [0, 0.1) is 12.7 Å². The van der Waals surface area contributed by atoms with E-state index in [0.717, 1.165) is 33.5 Å². The van der Waals surface area contributed by atoms with Crippen molar-refractivity contribution in [3.05, 3.63) is 90.2 Å². The number of aryl methyl sites for hydroxylation is 1. The Balaban J connectivity index is 1.56. The molecule has 0 radical (unpaired) electrons. The van der Waals surface area contributed by atoms with Crippen molar-refractivity contribution in [3.8, 4) is 22.8 Å². The van der Waals surface area contributed by atoms with Gasteiger partial charge in [-0.2, -0.15) is 0 Å². The lowest BCUT2D eigenvalue weighted by Crippen LogP contribution is -2.04. The molecule has 1 aromatic heterocycles. The first-order valence-electron chi connectivity index (χ1n) is 9.30. The number of para-hydroxylation sites is 1. The van der Waals surface area contributed by atoms with Gasteiger partial charge in [0.1, 0.15) is 11.6 Å². The molecule has 0 N–H and O–H groups in total. The topological polar surface area (TPSA) is 39.9 Å². The van der Waals surface area contributed by atoms with Gasteiger partial charge in [0.25, 0.3) is 0 Å². The van der Waals surface area contributed by atoms with Crippen LogP contribution in [0.5, 0.6) is 5.75 Å². The molecule has 4 aromatic rings.